The molecule has 0 saturated heterocycles. The Hall–Kier alpha value is -1.13. The van der Waals surface area contributed by atoms with Crippen molar-refractivity contribution >= 4 is 11.3 Å². The lowest BCUT2D eigenvalue weighted by atomic mass is 10.2. The van der Waals surface area contributed by atoms with Crippen molar-refractivity contribution in [3.05, 3.63) is 28.7 Å². The lowest BCUT2D eigenvalue weighted by Gasteiger charge is -2.00. The molecule has 3 rings (SSSR count). The van der Waals surface area contributed by atoms with Gasteiger partial charge in [-0.25, -0.2) is 4.98 Å². The summed E-state index contributed by atoms with van der Waals surface area (Å²) in [6.45, 7) is 6.08. The summed E-state index contributed by atoms with van der Waals surface area (Å²) < 4.78 is 5.38. The summed E-state index contributed by atoms with van der Waals surface area (Å²) in [4.78, 5) is 6.25. The third-order valence-electron chi connectivity index (χ3n) is 3.32. The molecule has 0 bridgehead atoms. The van der Waals surface area contributed by atoms with Crippen molar-refractivity contribution in [1.29, 1.82) is 0 Å². The minimum atomic E-state index is 0.705. The van der Waals surface area contributed by atoms with E-state index in [4.69, 9.17) is 9.40 Å². The maximum Gasteiger partial charge on any atom is 0.127 e. The Kier molecular flexibility index (Phi) is 3.22. The molecule has 0 unspecified atom stereocenters. The number of nitrogens with zero attached hydrogens (tertiary/aromatic N) is 1. The topological polar surface area (TPSA) is 38.1 Å². The van der Waals surface area contributed by atoms with Crippen LogP contribution in [-0.2, 0) is 6.54 Å². The number of thiazole rings is 1. The number of nitrogens with one attached hydrogen (secondary N) is 1. The van der Waals surface area contributed by atoms with Gasteiger partial charge in [0.1, 0.15) is 10.8 Å². The van der Waals surface area contributed by atoms with Crippen LogP contribution in [0.3, 0.4) is 0 Å². The van der Waals surface area contributed by atoms with Crippen LogP contribution in [0.2, 0.25) is 0 Å². The second kappa shape index (κ2) is 4.86. The lowest BCUT2D eigenvalue weighted by molar-refractivity contribution is 0.535. The van der Waals surface area contributed by atoms with E-state index < -0.39 is 0 Å². The van der Waals surface area contributed by atoms with E-state index in [1.807, 2.05) is 13.0 Å². The molecule has 1 saturated carbocycles. The summed E-state index contributed by atoms with van der Waals surface area (Å²) in [6, 6.07) is 2.02. The van der Waals surface area contributed by atoms with Crippen LogP contribution in [0.15, 0.2) is 16.7 Å². The van der Waals surface area contributed by atoms with E-state index in [-0.39, 0.29) is 0 Å². The minimum absolute atomic E-state index is 0.705. The number of aryl methyl sites for hydroxylation is 1. The fourth-order valence-electron chi connectivity index (χ4n) is 2.13. The van der Waals surface area contributed by atoms with Crippen LogP contribution in [0.1, 0.15) is 42.0 Å². The monoisotopic (exact) mass is 262 g/mol. The molecule has 0 aromatic carbocycles. The van der Waals surface area contributed by atoms with Crippen LogP contribution in [0.4, 0.5) is 0 Å². The van der Waals surface area contributed by atoms with E-state index in [2.05, 4.69) is 12.2 Å². The fraction of sp³-hybridized carbons (Fsp3) is 0.500. The molecule has 2 aromatic heterocycles. The predicted molar refractivity (Wildman–Crippen MR) is 73.9 cm³/mol. The Balaban J connectivity index is 1.94. The molecule has 0 radical (unpaired) electrons. The second-order valence-electron chi connectivity index (χ2n) is 4.77. The molecule has 0 amide bonds. The SMILES string of the molecule is CCNCc1sc(-c2ccoc2C)nc1C1CC1. The van der Waals surface area contributed by atoms with Crippen LogP contribution in [0.5, 0.6) is 0 Å². The molecule has 0 spiro atoms. The Morgan fingerprint density at radius 3 is 2.94 bits per heavy atom. The van der Waals surface area contributed by atoms with Gasteiger partial charge in [-0.1, -0.05) is 6.92 Å². The molecule has 0 aliphatic heterocycles. The highest BCUT2D eigenvalue weighted by atomic mass is 32.1. The van der Waals surface area contributed by atoms with Gasteiger partial charge in [-0.15, -0.1) is 11.3 Å². The van der Waals surface area contributed by atoms with E-state index in [0.717, 1.165) is 29.4 Å². The molecule has 1 aliphatic carbocycles. The summed E-state index contributed by atoms with van der Waals surface area (Å²) in [6.07, 6.45) is 4.34. The van der Waals surface area contributed by atoms with Crippen LogP contribution >= 0.6 is 11.3 Å². The molecule has 2 heterocycles. The molecule has 1 fully saturated rings. The minimum Gasteiger partial charge on any atom is -0.469 e. The largest absolute Gasteiger partial charge is 0.469 e. The molecule has 96 valence electrons. The van der Waals surface area contributed by atoms with Crippen molar-refractivity contribution < 1.29 is 4.42 Å². The average Bonchev–Trinajstić information content (AvgIpc) is 2.99. The number of hydrogen-bond acceptors (Lipinski definition) is 4. The highest BCUT2D eigenvalue weighted by Crippen LogP contribution is 2.44. The highest BCUT2D eigenvalue weighted by molar-refractivity contribution is 7.15. The van der Waals surface area contributed by atoms with Crippen molar-refractivity contribution in [2.45, 2.75) is 39.2 Å². The Morgan fingerprint density at radius 2 is 2.33 bits per heavy atom. The predicted octanol–water partition coefficient (Wildman–Crippen LogP) is 3.70. The molecule has 4 heteroatoms. The van der Waals surface area contributed by atoms with E-state index >= 15 is 0 Å². The number of furan rings is 1. The first-order valence-corrected chi connectivity index (χ1v) is 7.36. The van der Waals surface area contributed by atoms with Crippen LogP contribution in [0, 0.1) is 6.92 Å². The summed E-state index contributed by atoms with van der Waals surface area (Å²) >= 11 is 1.81. The maximum atomic E-state index is 5.38. The first kappa shape index (κ1) is 11.9. The molecule has 18 heavy (non-hydrogen) atoms. The molecule has 1 N–H and O–H groups in total. The Bertz CT molecular complexity index is 540. The van der Waals surface area contributed by atoms with Gasteiger partial charge in [-0.05, 0) is 32.4 Å². The molecule has 2 aromatic rings. The van der Waals surface area contributed by atoms with Crippen molar-refractivity contribution in [2.75, 3.05) is 6.54 Å². The first-order valence-electron chi connectivity index (χ1n) is 6.54. The molecule has 3 nitrogen and oxygen atoms in total. The average molecular weight is 262 g/mol. The van der Waals surface area contributed by atoms with E-state index in [9.17, 15) is 0 Å². The fourth-order valence-corrected chi connectivity index (χ4v) is 3.32. The van der Waals surface area contributed by atoms with Crippen LogP contribution in [-0.4, -0.2) is 11.5 Å². The van der Waals surface area contributed by atoms with Gasteiger partial charge in [0.15, 0.2) is 0 Å². The van der Waals surface area contributed by atoms with Gasteiger partial charge in [0.2, 0.25) is 0 Å². The smallest absolute Gasteiger partial charge is 0.127 e. The first-order chi connectivity index (χ1) is 8.79. The number of rotatable bonds is 5. The van der Waals surface area contributed by atoms with Crippen molar-refractivity contribution in [3.8, 4) is 10.6 Å². The van der Waals surface area contributed by atoms with Gasteiger partial charge in [0.25, 0.3) is 0 Å². The van der Waals surface area contributed by atoms with E-state index in [1.165, 1.54) is 23.4 Å². The molecular weight excluding hydrogens is 244 g/mol. The summed E-state index contributed by atoms with van der Waals surface area (Å²) in [5.41, 5.74) is 2.46. The lowest BCUT2D eigenvalue weighted by Crippen LogP contribution is -2.11. The zero-order valence-electron chi connectivity index (χ0n) is 10.8. The quantitative estimate of drug-likeness (QED) is 0.893. The van der Waals surface area contributed by atoms with E-state index in [0.29, 0.717) is 5.92 Å². The van der Waals surface area contributed by atoms with Gasteiger partial charge in [0.05, 0.1) is 17.5 Å². The van der Waals surface area contributed by atoms with E-state index in [1.54, 1.807) is 17.6 Å². The van der Waals surface area contributed by atoms with Crippen molar-refractivity contribution in [3.63, 3.8) is 0 Å². The van der Waals surface area contributed by atoms with Gasteiger partial charge in [-0.3, -0.25) is 0 Å². The molecule has 1 aliphatic rings. The summed E-state index contributed by atoms with van der Waals surface area (Å²) in [5, 5.41) is 4.52. The number of aromatic nitrogens is 1. The van der Waals surface area contributed by atoms with Crippen LogP contribution < -0.4 is 5.32 Å². The zero-order valence-corrected chi connectivity index (χ0v) is 11.6. The Labute approximate surface area is 111 Å². The summed E-state index contributed by atoms with van der Waals surface area (Å²) in [7, 11) is 0. The van der Waals surface area contributed by atoms with Gasteiger partial charge >= 0.3 is 0 Å². The highest BCUT2D eigenvalue weighted by Gasteiger charge is 2.30. The Morgan fingerprint density at radius 1 is 1.50 bits per heavy atom. The summed E-state index contributed by atoms with van der Waals surface area (Å²) in [5.74, 6) is 1.66. The molecular formula is C14H18N2OS. The van der Waals surface area contributed by atoms with Crippen molar-refractivity contribution in [1.82, 2.24) is 10.3 Å². The maximum absolute atomic E-state index is 5.38. The van der Waals surface area contributed by atoms with Gasteiger partial charge in [-0.2, -0.15) is 0 Å². The van der Waals surface area contributed by atoms with Crippen molar-refractivity contribution in [2.24, 2.45) is 0 Å². The van der Waals surface area contributed by atoms with Gasteiger partial charge < -0.3 is 9.73 Å². The zero-order chi connectivity index (χ0) is 12.5. The third kappa shape index (κ3) is 2.22. The molecule has 0 atom stereocenters. The third-order valence-corrected chi connectivity index (χ3v) is 4.42. The number of hydrogen-bond donors (Lipinski definition) is 1. The second-order valence-corrected chi connectivity index (χ2v) is 5.86. The van der Waals surface area contributed by atoms with Gasteiger partial charge in [0, 0.05) is 17.3 Å². The standard InChI is InChI=1S/C14H18N2OS/c1-3-15-8-12-13(10-4-5-10)16-14(18-12)11-6-7-17-9(11)2/h6-7,10,15H,3-5,8H2,1-2H3. The van der Waals surface area contributed by atoms with Crippen LogP contribution in [0.25, 0.3) is 10.6 Å². The normalized spacial score (nSPS) is 15.2.